The smallest absolute Gasteiger partial charge is 0.439 e. The van der Waals surface area contributed by atoms with E-state index >= 15 is 0 Å². The first-order valence-electron chi connectivity index (χ1n) is 10.9. The lowest BCUT2D eigenvalue weighted by molar-refractivity contribution is -0.136. The van der Waals surface area contributed by atoms with Crippen LogP contribution in [0.5, 0.6) is 5.75 Å². The predicted octanol–water partition coefficient (Wildman–Crippen LogP) is 5.25. The highest BCUT2D eigenvalue weighted by atomic mass is 32.1. The lowest BCUT2D eigenvalue weighted by Gasteiger charge is -2.12. The fraction of sp³-hybridized carbons (Fsp3) is 0.217. The van der Waals surface area contributed by atoms with Crippen LogP contribution in [-0.2, 0) is 12.7 Å². The molecule has 0 fully saturated rings. The fourth-order valence-corrected chi connectivity index (χ4v) is 5.09. The van der Waals surface area contributed by atoms with E-state index in [4.69, 9.17) is 4.74 Å². The normalized spacial score (nSPS) is 11.8. The number of para-hydroxylation sites is 1. The van der Waals surface area contributed by atoms with Gasteiger partial charge >= 0.3 is 11.9 Å². The Hall–Kier alpha value is -4.20. The molecular weight excluding hydrogens is 516 g/mol. The summed E-state index contributed by atoms with van der Waals surface area (Å²) >= 11 is 0.767. The average Bonchev–Trinajstić information content (AvgIpc) is 3.57. The Morgan fingerprint density at radius 1 is 1.22 bits per heavy atom. The molecule has 0 aliphatic rings. The Labute approximate surface area is 209 Å². The highest BCUT2D eigenvalue weighted by Crippen LogP contribution is 2.44. The predicted molar refractivity (Wildman–Crippen MR) is 128 cm³/mol. The molecule has 9 nitrogen and oxygen atoms in total. The van der Waals surface area contributed by atoms with Gasteiger partial charge in [0.15, 0.2) is 5.82 Å². The maximum absolute atomic E-state index is 13.6. The Morgan fingerprint density at radius 2 is 2.05 bits per heavy atom. The molecule has 5 rings (SSSR count). The van der Waals surface area contributed by atoms with Crippen molar-refractivity contribution < 1.29 is 26.8 Å². The van der Waals surface area contributed by atoms with E-state index in [-0.39, 0.29) is 21.3 Å². The summed E-state index contributed by atoms with van der Waals surface area (Å²) < 4.78 is 65.3. The third-order valence-corrected chi connectivity index (χ3v) is 6.72. The maximum atomic E-state index is 13.6. The third-order valence-electron chi connectivity index (χ3n) is 5.55. The number of nitrogens with one attached hydrogen (secondary N) is 2. The molecule has 37 heavy (non-hydrogen) atoms. The van der Waals surface area contributed by atoms with Crippen LogP contribution in [0.3, 0.4) is 0 Å². The van der Waals surface area contributed by atoms with Crippen LogP contribution in [-0.4, -0.2) is 38.1 Å². The first-order chi connectivity index (χ1) is 17.7. The number of hydrogen-bond acceptors (Lipinski definition) is 8. The third kappa shape index (κ3) is 4.91. The van der Waals surface area contributed by atoms with Gasteiger partial charge in [-0.05, 0) is 25.1 Å². The Kier molecular flexibility index (Phi) is 6.41. The van der Waals surface area contributed by atoms with Crippen molar-refractivity contribution in [3.05, 3.63) is 64.5 Å². The summed E-state index contributed by atoms with van der Waals surface area (Å²) in [5.74, 6) is -0.440. The van der Waals surface area contributed by atoms with Gasteiger partial charge in [0.05, 0.1) is 26.5 Å². The molecule has 0 spiro atoms. The number of thiophene rings is 1. The van der Waals surface area contributed by atoms with E-state index < -0.39 is 24.4 Å². The maximum Gasteiger partial charge on any atom is 0.439 e. The second-order valence-corrected chi connectivity index (χ2v) is 8.95. The van der Waals surface area contributed by atoms with Crippen molar-refractivity contribution in [2.45, 2.75) is 19.6 Å². The number of nitrogens with zero attached hydrogens (tertiary/aromatic N) is 4. The standard InChI is InChI=1S/C23H18F4N6O3S/c1-12-7-13-3-2-4-16(35-10-24)19(13)33(12)6-5-28-18-9-15(29-11-30-18)17-8-14(23(25,26)27)20(37-17)21-31-22(34)36-32-21/h2-4,7-9,11H,5-6,10H2,1H3,(H,28,29,30)(H,31,32,34). The van der Waals surface area contributed by atoms with Gasteiger partial charge in [-0.3, -0.25) is 9.51 Å². The van der Waals surface area contributed by atoms with E-state index in [1.165, 1.54) is 12.4 Å². The monoisotopic (exact) mass is 534 g/mol. The average molecular weight is 534 g/mol. The Morgan fingerprint density at radius 3 is 2.78 bits per heavy atom. The van der Waals surface area contributed by atoms with Gasteiger partial charge < -0.3 is 14.6 Å². The number of hydrogen-bond donors (Lipinski definition) is 2. The highest BCUT2D eigenvalue weighted by Gasteiger charge is 2.37. The fourth-order valence-electron chi connectivity index (χ4n) is 4.00. The molecule has 0 radical (unpaired) electrons. The van der Waals surface area contributed by atoms with Gasteiger partial charge in [-0.25, -0.2) is 19.2 Å². The molecule has 1 aromatic carbocycles. The summed E-state index contributed by atoms with van der Waals surface area (Å²) in [6.07, 6.45) is -3.44. The number of aromatic amines is 1. The van der Waals surface area contributed by atoms with Gasteiger partial charge in [0, 0.05) is 30.2 Å². The second kappa shape index (κ2) is 9.69. The minimum absolute atomic E-state index is 0.205. The van der Waals surface area contributed by atoms with Crippen LogP contribution in [0.25, 0.3) is 32.2 Å². The van der Waals surface area contributed by atoms with Crippen LogP contribution in [0.2, 0.25) is 0 Å². The molecule has 0 saturated heterocycles. The molecule has 0 saturated carbocycles. The molecule has 4 aromatic heterocycles. The van der Waals surface area contributed by atoms with Crippen molar-refractivity contribution in [1.29, 1.82) is 0 Å². The molecule has 0 unspecified atom stereocenters. The van der Waals surface area contributed by atoms with Crippen LogP contribution >= 0.6 is 11.3 Å². The van der Waals surface area contributed by atoms with Crippen LogP contribution in [0.15, 0.2) is 52.0 Å². The van der Waals surface area contributed by atoms with Gasteiger partial charge in [-0.2, -0.15) is 13.2 Å². The number of fused-ring (bicyclic) bond motifs is 1. The van der Waals surface area contributed by atoms with Gasteiger partial charge in [-0.1, -0.05) is 17.3 Å². The lowest BCUT2D eigenvalue weighted by atomic mass is 10.2. The van der Waals surface area contributed by atoms with Crippen LogP contribution in [0.1, 0.15) is 11.3 Å². The Balaban J connectivity index is 1.38. The second-order valence-electron chi connectivity index (χ2n) is 7.89. The van der Waals surface area contributed by atoms with E-state index in [1.54, 1.807) is 12.1 Å². The number of halogens is 4. The number of alkyl halides is 4. The van der Waals surface area contributed by atoms with Crippen LogP contribution in [0.4, 0.5) is 23.4 Å². The number of benzene rings is 1. The van der Waals surface area contributed by atoms with Gasteiger partial charge in [0.2, 0.25) is 6.86 Å². The van der Waals surface area contributed by atoms with Crippen LogP contribution in [0, 0.1) is 6.92 Å². The first-order valence-corrected chi connectivity index (χ1v) is 11.7. The minimum Gasteiger partial charge on any atom is -0.461 e. The topological polar surface area (TPSA) is 111 Å². The van der Waals surface area contributed by atoms with Crippen molar-refractivity contribution in [2.24, 2.45) is 0 Å². The molecule has 14 heteroatoms. The molecule has 0 aliphatic heterocycles. The van der Waals surface area contributed by atoms with Crippen molar-refractivity contribution in [1.82, 2.24) is 24.7 Å². The van der Waals surface area contributed by atoms with Gasteiger partial charge in [0.25, 0.3) is 0 Å². The van der Waals surface area contributed by atoms with E-state index in [2.05, 4.69) is 29.9 Å². The van der Waals surface area contributed by atoms with Crippen molar-refractivity contribution in [3.8, 4) is 27.0 Å². The largest absolute Gasteiger partial charge is 0.461 e. The SMILES string of the molecule is Cc1cc2cccc(OCF)c2n1CCNc1cc(-c2cc(C(F)(F)F)c(-c3noc(=O)[nH]3)s2)ncn1. The summed E-state index contributed by atoms with van der Waals surface area (Å²) in [7, 11) is 0. The van der Waals surface area contributed by atoms with E-state index in [0.29, 0.717) is 24.7 Å². The van der Waals surface area contributed by atoms with Crippen molar-refractivity contribution in [2.75, 3.05) is 18.7 Å². The number of ether oxygens (including phenoxy) is 1. The quantitative estimate of drug-likeness (QED) is 0.262. The van der Waals surface area contributed by atoms with E-state index in [1.807, 2.05) is 23.6 Å². The van der Waals surface area contributed by atoms with Crippen molar-refractivity contribution in [3.63, 3.8) is 0 Å². The van der Waals surface area contributed by atoms with Gasteiger partial charge in [0.1, 0.15) is 17.9 Å². The number of H-pyrrole nitrogens is 1. The summed E-state index contributed by atoms with van der Waals surface area (Å²) in [4.78, 5) is 21.6. The summed E-state index contributed by atoms with van der Waals surface area (Å²) in [5, 5.41) is 7.44. The number of aromatic nitrogens is 5. The molecular formula is C23H18F4N6O3S. The zero-order valence-electron chi connectivity index (χ0n) is 19.1. The molecule has 0 bridgehead atoms. The number of anilines is 1. The van der Waals surface area contributed by atoms with Crippen molar-refractivity contribution >= 4 is 28.1 Å². The summed E-state index contributed by atoms with van der Waals surface area (Å²) in [6, 6.07) is 9.84. The first kappa shape index (κ1) is 24.5. The lowest BCUT2D eigenvalue weighted by Crippen LogP contribution is -2.12. The molecule has 5 aromatic rings. The number of aryl methyl sites for hydroxylation is 1. The zero-order valence-corrected chi connectivity index (χ0v) is 19.9. The van der Waals surface area contributed by atoms with E-state index in [9.17, 15) is 22.4 Å². The number of rotatable bonds is 8. The van der Waals surface area contributed by atoms with Crippen LogP contribution < -0.4 is 15.8 Å². The van der Waals surface area contributed by atoms with E-state index in [0.717, 1.165) is 34.0 Å². The zero-order chi connectivity index (χ0) is 26.2. The Bertz CT molecular complexity index is 1620. The molecule has 0 aliphatic carbocycles. The molecule has 0 amide bonds. The minimum atomic E-state index is -4.68. The summed E-state index contributed by atoms with van der Waals surface area (Å²) in [5.41, 5.74) is 1.00. The van der Waals surface area contributed by atoms with Gasteiger partial charge in [-0.15, -0.1) is 11.3 Å². The summed E-state index contributed by atoms with van der Waals surface area (Å²) in [6.45, 7) is 1.88. The highest BCUT2D eigenvalue weighted by molar-refractivity contribution is 7.19. The molecule has 4 heterocycles. The molecule has 2 N–H and O–H groups in total. The molecule has 0 atom stereocenters. The molecule has 192 valence electrons.